The van der Waals surface area contributed by atoms with Crippen molar-refractivity contribution in [3.05, 3.63) is 35.7 Å². The number of halogens is 6. The van der Waals surface area contributed by atoms with Gasteiger partial charge < -0.3 is 10.5 Å². The minimum Gasteiger partial charge on any atom is -0.494 e. The van der Waals surface area contributed by atoms with E-state index in [2.05, 4.69) is 0 Å². The zero-order valence-corrected chi connectivity index (χ0v) is 12.1. The fourth-order valence-electron chi connectivity index (χ4n) is 2.30. The zero-order valence-electron chi connectivity index (χ0n) is 12.1. The lowest BCUT2D eigenvalue weighted by Crippen LogP contribution is -2.51. The van der Waals surface area contributed by atoms with Crippen molar-refractivity contribution in [3.8, 4) is 5.75 Å². The number of rotatable bonds is 6. The topological polar surface area (TPSA) is 35.2 Å². The van der Waals surface area contributed by atoms with Crippen molar-refractivity contribution in [2.24, 2.45) is 5.73 Å². The third-order valence-corrected chi connectivity index (χ3v) is 3.69. The molecule has 1 unspecified atom stereocenters. The Hall–Kier alpha value is -1.44. The van der Waals surface area contributed by atoms with Crippen LogP contribution in [0.2, 0.25) is 0 Å². The highest BCUT2D eigenvalue weighted by molar-refractivity contribution is 5.41. The van der Waals surface area contributed by atoms with E-state index in [0.717, 1.165) is 0 Å². The predicted molar refractivity (Wildman–Crippen MR) is 71.6 cm³/mol. The first-order valence-electron chi connectivity index (χ1n) is 7.05. The molecule has 1 aromatic carbocycles. The molecule has 1 fully saturated rings. The maximum atomic E-state index is 13.3. The van der Waals surface area contributed by atoms with E-state index in [1.54, 1.807) is 0 Å². The Morgan fingerprint density at radius 2 is 1.52 bits per heavy atom. The Balaban J connectivity index is 1.99. The lowest BCUT2D eigenvalue weighted by atomic mass is 9.85. The second-order valence-electron chi connectivity index (χ2n) is 5.50. The minimum absolute atomic E-state index is 0.0971. The van der Waals surface area contributed by atoms with Gasteiger partial charge in [-0.25, -0.2) is 0 Å². The number of alkyl halides is 6. The molecule has 23 heavy (non-hydrogen) atoms. The van der Waals surface area contributed by atoms with Gasteiger partial charge >= 0.3 is 12.4 Å². The third-order valence-electron chi connectivity index (χ3n) is 3.69. The smallest absolute Gasteiger partial charge is 0.411 e. The Morgan fingerprint density at radius 1 is 0.957 bits per heavy atom. The summed E-state index contributed by atoms with van der Waals surface area (Å²) in [6, 6.07) is 4.99. The number of benzene rings is 1. The monoisotopic (exact) mass is 340 g/mol. The normalized spacial score (nSPS) is 18.6. The Bertz CT molecular complexity index is 520. The van der Waals surface area contributed by atoms with Crippen LogP contribution in [0.25, 0.3) is 0 Å². The maximum absolute atomic E-state index is 13.3. The summed E-state index contributed by atoms with van der Waals surface area (Å²) in [4.78, 5) is 0. The maximum Gasteiger partial charge on any atom is 0.411 e. The lowest BCUT2D eigenvalue weighted by molar-refractivity contribution is -0.181. The standard InChI is InChI=1S/C15H16F6NO/c16-13(17,18)8-1-9-23-12-6-4-11(5-7-12)14(22,10-2-3-10)15(19,20)21/h4-7H,1-3,8-9,22H2. The molecule has 1 radical (unpaired) electrons. The van der Waals surface area contributed by atoms with Gasteiger partial charge in [-0.1, -0.05) is 12.1 Å². The molecule has 0 aliphatic heterocycles. The third kappa shape index (κ3) is 4.31. The largest absolute Gasteiger partial charge is 0.494 e. The van der Waals surface area contributed by atoms with Crippen LogP contribution in [0.3, 0.4) is 0 Å². The molecule has 0 spiro atoms. The van der Waals surface area contributed by atoms with Crippen LogP contribution in [0.15, 0.2) is 24.3 Å². The van der Waals surface area contributed by atoms with Gasteiger partial charge in [0.2, 0.25) is 0 Å². The van der Waals surface area contributed by atoms with E-state index in [4.69, 9.17) is 10.5 Å². The van der Waals surface area contributed by atoms with Gasteiger partial charge in [0.1, 0.15) is 11.3 Å². The highest BCUT2D eigenvalue weighted by atomic mass is 19.4. The highest BCUT2D eigenvalue weighted by Gasteiger charge is 2.61. The van der Waals surface area contributed by atoms with Crippen molar-refractivity contribution in [2.75, 3.05) is 6.61 Å². The molecule has 2 rings (SSSR count). The van der Waals surface area contributed by atoms with Crippen LogP contribution in [0.5, 0.6) is 5.75 Å². The molecule has 2 nitrogen and oxygen atoms in total. The van der Waals surface area contributed by atoms with Gasteiger partial charge in [0.15, 0.2) is 0 Å². The van der Waals surface area contributed by atoms with E-state index in [1.165, 1.54) is 24.3 Å². The van der Waals surface area contributed by atoms with Crippen LogP contribution in [0.1, 0.15) is 31.2 Å². The fraction of sp³-hybridized carbons (Fsp3) is 0.533. The lowest BCUT2D eigenvalue weighted by Gasteiger charge is -2.32. The summed E-state index contributed by atoms with van der Waals surface area (Å²) in [6.45, 7) is -0.163. The summed E-state index contributed by atoms with van der Waals surface area (Å²) in [6.07, 6.45) is -9.36. The predicted octanol–water partition coefficient (Wildman–Crippen LogP) is 4.49. The molecule has 8 heteroatoms. The Labute approximate surface area is 129 Å². The molecule has 0 saturated heterocycles. The first kappa shape index (κ1) is 17.9. The average Bonchev–Trinajstić information content (AvgIpc) is 3.26. The van der Waals surface area contributed by atoms with Gasteiger partial charge in [0.05, 0.1) is 6.61 Å². The molecule has 2 N–H and O–H groups in total. The zero-order chi connectivity index (χ0) is 17.3. The van der Waals surface area contributed by atoms with Gasteiger partial charge in [0.25, 0.3) is 0 Å². The van der Waals surface area contributed by atoms with Crippen LogP contribution in [-0.2, 0) is 5.54 Å². The molecule has 1 aromatic rings. The average molecular weight is 340 g/mol. The Kier molecular flexibility index (Phi) is 4.84. The minimum atomic E-state index is -4.60. The summed E-state index contributed by atoms with van der Waals surface area (Å²) >= 11 is 0. The highest BCUT2D eigenvalue weighted by Crippen LogP contribution is 2.54. The van der Waals surface area contributed by atoms with Crippen LogP contribution in [-0.4, -0.2) is 19.0 Å². The van der Waals surface area contributed by atoms with Crippen LogP contribution in [0, 0.1) is 5.92 Å². The quantitative estimate of drug-likeness (QED) is 0.612. The molecular formula is C15H16F6NO. The van der Waals surface area contributed by atoms with Crippen molar-refractivity contribution >= 4 is 0 Å². The molecule has 0 amide bonds. The van der Waals surface area contributed by atoms with Gasteiger partial charge in [-0.3, -0.25) is 0 Å². The van der Waals surface area contributed by atoms with E-state index in [9.17, 15) is 26.3 Å². The Morgan fingerprint density at radius 3 is 1.96 bits per heavy atom. The molecule has 1 atom stereocenters. The molecule has 0 aromatic heterocycles. The summed E-state index contributed by atoms with van der Waals surface area (Å²) in [5.74, 6) is 0.435. The van der Waals surface area contributed by atoms with Gasteiger partial charge in [-0.2, -0.15) is 26.3 Å². The van der Waals surface area contributed by atoms with E-state index in [-0.39, 0.29) is 30.3 Å². The van der Waals surface area contributed by atoms with Crippen molar-refractivity contribution in [1.29, 1.82) is 0 Å². The van der Waals surface area contributed by atoms with Crippen molar-refractivity contribution in [1.82, 2.24) is 0 Å². The van der Waals surface area contributed by atoms with Crippen LogP contribution < -0.4 is 10.5 Å². The fourth-order valence-corrected chi connectivity index (χ4v) is 2.30. The first-order chi connectivity index (χ1) is 10.5. The second kappa shape index (κ2) is 6.22. The molecule has 129 valence electrons. The SMILES string of the molecule is NC([C]1CC1)(c1ccc(OCCCC(F)(F)F)cc1)C(F)(F)F. The van der Waals surface area contributed by atoms with Gasteiger partial charge in [-0.05, 0) is 37.0 Å². The summed E-state index contributed by atoms with van der Waals surface area (Å²) < 4.78 is 80.8. The van der Waals surface area contributed by atoms with Crippen molar-refractivity contribution in [3.63, 3.8) is 0 Å². The van der Waals surface area contributed by atoms with Crippen LogP contribution >= 0.6 is 0 Å². The molecule has 1 aliphatic carbocycles. The molecule has 0 bridgehead atoms. The molecule has 1 saturated carbocycles. The number of ether oxygens (including phenoxy) is 1. The summed E-state index contributed by atoms with van der Waals surface area (Å²) in [5, 5.41) is 0. The number of hydrogen-bond donors (Lipinski definition) is 1. The molecular weight excluding hydrogens is 324 g/mol. The number of nitrogens with two attached hydrogens (primary N) is 1. The van der Waals surface area contributed by atoms with E-state index in [1.807, 2.05) is 0 Å². The second-order valence-corrected chi connectivity index (χ2v) is 5.50. The van der Waals surface area contributed by atoms with E-state index < -0.39 is 24.3 Å². The molecule has 0 heterocycles. The summed E-state index contributed by atoms with van der Waals surface area (Å²) in [7, 11) is 0. The summed E-state index contributed by atoms with van der Waals surface area (Å²) in [5.41, 5.74) is 3.03. The van der Waals surface area contributed by atoms with E-state index >= 15 is 0 Å². The first-order valence-corrected chi connectivity index (χ1v) is 7.05. The van der Waals surface area contributed by atoms with E-state index in [0.29, 0.717) is 12.8 Å². The van der Waals surface area contributed by atoms with Crippen LogP contribution in [0.4, 0.5) is 26.3 Å². The van der Waals surface area contributed by atoms with Gasteiger partial charge in [-0.15, -0.1) is 0 Å². The van der Waals surface area contributed by atoms with Crippen molar-refractivity contribution in [2.45, 2.75) is 43.6 Å². The van der Waals surface area contributed by atoms with Crippen molar-refractivity contribution < 1.29 is 31.1 Å². The number of hydrogen-bond acceptors (Lipinski definition) is 2. The van der Waals surface area contributed by atoms with Gasteiger partial charge in [0, 0.05) is 12.3 Å². The molecule has 1 aliphatic rings.